The Kier molecular flexibility index (Phi) is 6.77. The summed E-state index contributed by atoms with van der Waals surface area (Å²) in [6.45, 7) is 2.66. The molecule has 35 heavy (non-hydrogen) atoms. The first-order valence-electron chi connectivity index (χ1n) is 11.9. The van der Waals surface area contributed by atoms with Crippen molar-refractivity contribution in [1.82, 2.24) is 9.21 Å². The van der Waals surface area contributed by atoms with Crippen LogP contribution >= 0.6 is 0 Å². The number of anilines is 1. The Balaban J connectivity index is 1.30. The number of ether oxygens (including phenoxy) is 2. The van der Waals surface area contributed by atoms with Gasteiger partial charge in [0.15, 0.2) is 6.10 Å². The number of amides is 2. The highest BCUT2D eigenvalue weighted by atomic mass is 32.2. The van der Waals surface area contributed by atoms with Gasteiger partial charge in [-0.3, -0.25) is 9.59 Å². The van der Waals surface area contributed by atoms with Gasteiger partial charge in [-0.05, 0) is 37.1 Å². The zero-order valence-corrected chi connectivity index (χ0v) is 20.2. The Morgan fingerprint density at radius 2 is 1.49 bits per heavy atom. The Bertz CT molecular complexity index is 1170. The molecule has 2 aromatic carbocycles. The number of hydrogen-bond acceptors (Lipinski definition) is 6. The maximum atomic E-state index is 13.6. The summed E-state index contributed by atoms with van der Waals surface area (Å²) in [5, 5.41) is 0. The van der Waals surface area contributed by atoms with Gasteiger partial charge >= 0.3 is 0 Å². The van der Waals surface area contributed by atoms with E-state index in [0.29, 0.717) is 50.6 Å². The van der Waals surface area contributed by atoms with Crippen LogP contribution in [0.1, 0.15) is 12.8 Å². The topological polar surface area (TPSA) is 96.5 Å². The summed E-state index contributed by atoms with van der Waals surface area (Å²) in [6, 6.07) is 15.6. The molecule has 0 bridgehead atoms. The molecule has 10 heteroatoms. The number of morpholine rings is 1. The predicted molar refractivity (Wildman–Crippen MR) is 129 cm³/mol. The van der Waals surface area contributed by atoms with E-state index in [1.807, 2.05) is 18.2 Å². The molecule has 9 nitrogen and oxygen atoms in total. The van der Waals surface area contributed by atoms with E-state index in [1.54, 1.807) is 46.2 Å². The summed E-state index contributed by atoms with van der Waals surface area (Å²) < 4.78 is 38.7. The Labute approximate surface area is 205 Å². The third-order valence-corrected chi connectivity index (χ3v) is 8.73. The fourth-order valence-electron chi connectivity index (χ4n) is 4.86. The number of piperidine rings is 1. The first kappa shape index (κ1) is 23.8. The van der Waals surface area contributed by atoms with Crippen molar-refractivity contribution in [3.05, 3.63) is 54.6 Å². The van der Waals surface area contributed by atoms with Crippen molar-refractivity contribution in [3.8, 4) is 5.75 Å². The molecule has 3 aliphatic rings. The fraction of sp³-hybridized carbons (Fsp3) is 0.440. The normalized spacial score (nSPS) is 21.8. The second-order valence-corrected chi connectivity index (χ2v) is 10.9. The highest BCUT2D eigenvalue weighted by Gasteiger charge is 2.40. The molecule has 2 aromatic rings. The van der Waals surface area contributed by atoms with Crippen LogP contribution in [0, 0.1) is 5.92 Å². The first-order valence-corrected chi connectivity index (χ1v) is 13.4. The second-order valence-electron chi connectivity index (χ2n) is 8.95. The molecule has 1 unspecified atom stereocenters. The molecule has 0 N–H and O–H groups in total. The summed E-state index contributed by atoms with van der Waals surface area (Å²) in [4.78, 5) is 30.4. The van der Waals surface area contributed by atoms with Crippen molar-refractivity contribution in [1.29, 1.82) is 0 Å². The number of carbonyl (C=O) groups excluding carboxylic acids is 2. The smallest absolute Gasteiger partial charge is 0.265 e. The predicted octanol–water partition coefficient (Wildman–Crippen LogP) is 1.74. The number of sulfonamides is 1. The average molecular weight is 500 g/mol. The van der Waals surface area contributed by atoms with Gasteiger partial charge in [-0.25, -0.2) is 8.42 Å². The van der Waals surface area contributed by atoms with Crippen molar-refractivity contribution >= 4 is 27.5 Å². The quantitative estimate of drug-likeness (QED) is 0.636. The van der Waals surface area contributed by atoms with E-state index < -0.39 is 16.1 Å². The van der Waals surface area contributed by atoms with Gasteiger partial charge in [-0.2, -0.15) is 4.31 Å². The zero-order chi connectivity index (χ0) is 24.4. The zero-order valence-electron chi connectivity index (χ0n) is 19.4. The molecule has 2 fully saturated rings. The number of benzene rings is 2. The van der Waals surface area contributed by atoms with Crippen LogP contribution in [0.2, 0.25) is 0 Å². The van der Waals surface area contributed by atoms with Crippen LogP contribution in [-0.4, -0.2) is 81.5 Å². The molecule has 0 radical (unpaired) electrons. The summed E-state index contributed by atoms with van der Waals surface area (Å²) in [7, 11) is -3.59. The van der Waals surface area contributed by atoms with Crippen LogP contribution in [0.5, 0.6) is 5.75 Å². The van der Waals surface area contributed by atoms with E-state index in [2.05, 4.69) is 0 Å². The molecule has 1 atom stereocenters. The van der Waals surface area contributed by atoms with Crippen molar-refractivity contribution in [3.63, 3.8) is 0 Å². The maximum absolute atomic E-state index is 13.6. The number of fused-ring (bicyclic) bond motifs is 1. The van der Waals surface area contributed by atoms with E-state index in [4.69, 9.17) is 9.47 Å². The number of hydrogen-bond donors (Lipinski definition) is 0. The number of para-hydroxylation sites is 2. The monoisotopic (exact) mass is 499 g/mol. The highest BCUT2D eigenvalue weighted by molar-refractivity contribution is 7.89. The Morgan fingerprint density at radius 1 is 0.829 bits per heavy atom. The standard InChI is InChI=1S/C25H29N3O6S/c29-24(19-10-12-27(13-11-19)35(31,32)20-6-2-1-3-7-20)28-18-23(25(30)26-14-16-33-17-15-26)34-22-9-5-4-8-21(22)28/h1-9,19,23H,10-18H2. The lowest BCUT2D eigenvalue weighted by molar-refractivity contribution is -0.143. The summed E-state index contributed by atoms with van der Waals surface area (Å²) in [6.07, 6.45) is 0.0596. The Hall–Kier alpha value is -2.95. The molecular formula is C25H29N3O6S. The summed E-state index contributed by atoms with van der Waals surface area (Å²) in [5.74, 6) is -0.0769. The lowest BCUT2D eigenvalue weighted by atomic mass is 9.95. The van der Waals surface area contributed by atoms with Crippen LogP contribution in [0.15, 0.2) is 59.5 Å². The molecule has 3 heterocycles. The van der Waals surface area contributed by atoms with Crippen LogP contribution in [0.25, 0.3) is 0 Å². The van der Waals surface area contributed by atoms with Crippen LogP contribution < -0.4 is 9.64 Å². The third-order valence-electron chi connectivity index (χ3n) is 6.82. The molecule has 0 aliphatic carbocycles. The second kappa shape index (κ2) is 9.96. The largest absolute Gasteiger partial charge is 0.476 e. The van der Waals surface area contributed by atoms with Crippen molar-refractivity contribution < 1.29 is 27.5 Å². The van der Waals surface area contributed by atoms with Gasteiger partial charge in [0.05, 0.1) is 30.3 Å². The molecule has 0 spiro atoms. The van der Waals surface area contributed by atoms with E-state index in [9.17, 15) is 18.0 Å². The first-order chi connectivity index (χ1) is 16.9. The van der Waals surface area contributed by atoms with E-state index in [1.165, 1.54) is 4.31 Å². The van der Waals surface area contributed by atoms with Gasteiger partial charge < -0.3 is 19.3 Å². The molecule has 0 aromatic heterocycles. The molecular weight excluding hydrogens is 470 g/mol. The van der Waals surface area contributed by atoms with Gasteiger partial charge in [0.2, 0.25) is 15.9 Å². The van der Waals surface area contributed by atoms with Crippen molar-refractivity contribution in [2.45, 2.75) is 23.8 Å². The van der Waals surface area contributed by atoms with Gasteiger partial charge in [-0.1, -0.05) is 30.3 Å². The number of carbonyl (C=O) groups is 2. The summed E-state index contributed by atoms with van der Waals surface area (Å²) >= 11 is 0. The highest BCUT2D eigenvalue weighted by Crippen LogP contribution is 2.36. The van der Waals surface area contributed by atoms with E-state index in [0.717, 1.165) is 0 Å². The Morgan fingerprint density at radius 3 is 2.20 bits per heavy atom. The number of nitrogens with zero attached hydrogens (tertiary/aromatic N) is 3. The van der Waals surface area contributed by atoms with Crippen molar-refractivity contribution in [2.24, 2.45) is 5.92 Å². The van der Waals surface area contributed by atoms with Gasteiger partial charge in [-0.15, -0.1) is 0 Å². The van der Waals surface area contributed by atoms with Gasteiger partial charge in [0, 0.05) is 32.1 Å². The maximum Gasteiger partial charge on any atom is 0.265 e. The van der Waals surface area contributed by atoms with Crippen molar-refractivity contribution in [2.75, 3.05) is 50.8 Å². The van der Waals surface area contributed by atoms with E-state index in [-0.39, 0.29) is 42.3 Å². The SMILES string of the molecule is O=C(C1CN(C(=O)C2CCN(S(=O)(=O)c3ccccc3)CC2)c2ccccc2O1)N1CCOCC1. The van der Waals surface area contributed by atoms with Crippen LogP contribution in [-0.2, 0) is 24.3 Å². The average Bonchev–Trinajstić information content (AvgIpc) is 2.92. The van der Waals surface area contributed by atoms with Crippen LogP contribution in [0.3, 0.4) is 0 Å². The van der Waals surface area contributed by atoms with E-state index >= 15 is 0 Å². The third kappa shape index (κ3) is 4.78. The lowest BCUT2D eigenvalue weighted by Gasteiger charge is -2.39. The minimum Gasteiger partial charge on any atom is -0.476 e. The minimum atomic E-state index is -3.59. The molecule has 5 rings (SSSR count). The van der Waals surface area contributed by atoms with Crippen LogP contribution in [0.4, 0.5) is 5.69 Å². The summed E-state index contributed by atoms with van der Waals surface area (Å²) in [5.41, 5.74) is 0.642. The molecule has 0 saturated carbocycles. The van der Waals surface area contributed by atoms with Gasteiger partial charge in [0.25, 0.3) is 5.91 Å². The fourth-order valence-corrected chi connectivity index (χ4v) is 6.35. The molecule has 2 saturated heterocycles. The molecule has 3 aliphatic heterocycles. The minimum absolute atomic E-state index is 0.0997. The number of rotatable bonds is 4. The van der Waals surface area contributed by atoms with Gasteiger partial charge in [0.1, 0.15) is 5.75 Å². The lowest BCUT2D eigenvalue weighted by Crippen LogP contribution is -2.55. The molecule has 186 valence electrons. The molecule has 2 amide bonds.